The first-order chi connectivity index (χ1) is 8.06. The summed E-state index contributed by atoms with van der Waals surface area (Å²) in [6, 6.07) is 6.32. The molecule has 1 unspecified atom stereocenters. The van der Waals surface area contributed by atoms with Crippen molar-refractivity contribution < 1.29 is 14.6 Å². The fourth-order valence-electron chi connectivity index (χ4n) is 1.72. The van der Waals surface area contributed by atoms with E-state index in [-0.39, 0.29) is 25.1 Å². The highest BCUT2D eigenvalue weighted by Crippen LogP contribution is 2.22. The average Bonchev–Trinajstić information content (AvgIpc) is 2.37. The van der Waals surface area contributed by atoms with Crippen molar-refractivity contribution in [1.82, 2.24) is 5.32 Å². The van der Waals surface area contributed by atoms with Gasteiger partial charge in [0.05, 0.1) is 18.8 Å². The number of halogens is 1. The smallest absolute Gasteiger partial charge is 0.127 e. The molecule has 1 aromatic rings. The highest BCUT2D eigenvalue weighted by Gasteiger charge is 2.26. The quantitative estimate of drug-likeness (QED) is 0.709. The Morgan fingerprint density at radius 1 is 1.29 bits per heavy atom. The Kier molecular flexibility index (Phi) is 5.05. The lowest BCUT2D eigenvalue weighted by atomic mass is 9.98. The number of hydrogen-bond donors (Lipinski definition) is 3. The summed E-state index contributed by atoms with van der Waals surface area (Å²) in [5.74, 6) is -0.273. The van der Waals surface area contributed by atoms with Crippen molar-refractivity contribution in [1.29, 1.82) is 0 Å². The number of hydrogen-bond acceptors (Lipinski definition) is 3. The first kappa shape index (κ1) is 14.1. The number of aliphatic hydroxyl groups is 2. The second kappa shape index (κ2) is 6.10. The van der Waals surface area contributed by atoms with E-state index in [4.69, 9.17) is 0 Å². The van der Waals surface area contributed by atoms with Crippen LogP contribution in [0.25, 0.3) is 0 Å². The van der Waals surface area contributed by atoms with E-state index < -0.39 is 5.54 Å². The molecule has 3 N–H and O–H groups in total. The summed E-state index contributed by atoms with van der Waals surface area (Å²) in [6.45, 7) is 3.23. The average molecular weight is 241 g/mol. The van der Waals surface area contributed by atoms with Gasteiger partial charge in [0.1, 0.15) is 5.82 Å². The van der Waals surface area contributed by atoms with Crippen LogP contribution in [0, 0.1) is 5.82 Å². The SMILES string of the molecule is CCC(NC(C)(CO)CO)c1ccccc1F. The third-order valence-corrected chi connectivity index (χ3v) is 2.91. The van der Waals surface area contributed by atoms with E-state index in [1.165, 1.54) is 6.07 Å². The van der Waals surface area contributed by atoms with Gasteiger partial charge in [0.2, 0.25) is 0 Å². The van der Waals surface area contributed by atoms with E-state index in [9.17, 15) is 14.6 Å². The number of rotatable bonds is 6. The topological polar surface area (TPSA) is 52.5 Å². The van der Waals surface area contributed by atoms with Gasteiger partial charge in [0.25, 0.3) is 0 Å². The van der Waals surface area contributed by atoms with Gasteiger partial charge in [-0.25, -0.2) is 4.39 Å². The summed E-state index contributed by atoms with van der Waals surface area (Å²) >= 11 is 0. The molecule has 1 atom stereocenters. The number of nitrogens with one attached hydrogen (secondary N) is 1. The molecule has 4 heteroatoms. The molecule has 0 heterocycles. The Hall–Kier alpha value is -0.970. The Morgan fingerprint density at radius 3 is 2.35 bits per heavy atom. The predicted molar refractivity (Wildman–Crippen MR) is 65.1 cm³/mol. The first-order valence-corrected chi connectivity index (χ1v) is 5.80. The van der Waals surface area contributed by atoms with E-state index in [0.29, 0.717) is 12.0 Å². The zero-order chi connectivity index (χ0) is 12.9. The Balaban J connectivity index is 2.90. The van der Waals surface area contributed by atoms with Crippen LogP contribution in [0.4, 0.5) is 4.39 Å². The summed E-state index contributed by atoms with van der Waals surface area (Å²) in [7, 11) is 0. The van der Waals surface area contributed by atoms with E-state index in [0.717, 1.165) is 0 Å². The van der Waals surface area contributed by atoms with Gasteiger partial charge in [-0.05, 0) is 19.4 Å². The van der Waals surface area contributed by atoms with Crippen molar-refractivity contribution >= 4 is 0 Å². The van der Waals surface area contributed by atoms with Crippen LogP contribution >= 0.6 is 0 Å². The van der Waals surface area contributed by atoms with E-state index >= 15 is 0 Å². The van der Waals surface area contributed by atoms with Gasteiger partial charge in [-0.3, -0.25) is 0 Å². The lowest BCUT2D eigenvalue weighted by Gasteiger charge is -2.32. The lowest BCUT2D eigenvalue weighted by Crippen LogP contribution is -2.50. The predicted octanol–water partition coefficient (Wildman–Crippen LogP) is 1.61. The summed E-state index contributed by atoms with van der Waals surface area (Å²) in [6.07, 6.45) is 0.677. The van der Waals surface area contributed by atoms with Crippen molar-refractivity contribution in [2.24, 2.45) is 0 Å². The van der Waals surface area contributed by atoms with Gasteiger partial charge in [-0.1, -0.05) is 25.1 Å². The fraction of sp³-hybridized carbons (Fsp3) is 0.538. The molecule has 0 spiro atoms. The zero-order valence-corrected chi connectivity index (χ0v) is 10.3. The molecule has 0 saturated heterocycles. The molecule has 96 valence electrons. The molecule has 0 amide bonds. The van der Waals surface area contributed by atoms with Crippen LogP contribution < -0.4 is 5.32 Å². The summed E-state index contributed by atoms with van der Waals surface area (Å²) < 4.78 is 13.6. The highest BCUT2D eigenvalue weighted by molar-refractivity contribution is 5.21. The highest BCUT2D eigenvalue weighted by atomic mass is 19.1. The zero-order valence-electron chi connectivity index (χ0n) is 10.3. The molecular formula is C13H20FNO2. The van der Waals surface area contributed by atoms with Gasteiger partial charge in [-0.15, -0.1) is 0 Å². The minimum atomic E-state index is -0.803. The maximum atomic E-state index is 13.6. The van der Waals surface area contributed by atoms with E-state index in [1.54, 1.807) is 25.1 Å². The second-order valence-corrected chi connectivity index (χ2v) is 4.50. The van der Waals surface area contributed by atoms with Gasteiger partial charge >= 0.3 is 0 Å². The fourth-order valence-corrected chi connectivity index (χ4v) is 1.72. The summed E-state index contributed by atoms with van der Waals surface area (Å²) in [5, 5.41) is 21.6. The Bertz CT molecular complexity index is 353. The van der Waals surface area contributed by atoms with Gasteiger partial charge < -0.3 is 15.5 Å². The molecule has 0 aromatic heterocycles. The van der Waals surface area contributed by atoms with Crippen molar-refractivity contribution in [3.63, 3.8) is 0 Å². The van der Waals surface area contributed by atoms with Crippen molar-refractivity contribution in [2.45, 2.75) is 31.8 Å². The van der Waals surface area contributed by atoms with Crippen LogP contribution in [0.3, 0.4) is 0 Å². The van der Waals surface area contributed by atoms with Crippen LogP contribution in [0.2, 0.25) is 0 Å². The molecular weight excluding hydrogens is 221 g/mol. The molecule has 3 nitrogen and oxygen atoms in total. The minimum absolute atomic E-state index is 0.200. The maximum Gasteiger partial charge on any atom is 0.127 e. The van der Waals surface area contributed by atoms with Crippen molar-refractivity contribution in [3.05, 3.63) is 35.6 Å². The standard InChI is InChI=1S/C13H20FNO2/c1-3-12(15-13(2,8-16)9-17)10-6-4-5-7-11(10)14/h4-7,12,15-17H,3,8-9H2,1-2H3. The lowest BCUT2D eigenvalue weighted by molar-refractivity contribution is 0.0927. The summed E-state index contributed by atoms with van der Waals surface area (Å²) in [4.78, 5) is 0. The molecule has 0 aliphatic rings. The monoisotopic (exact) mass is 241 g/mol. The van der Waals surface area contributed by atoms with Gasteiger partial charge in [-0.2, -0.15) is 0 Å². The van der Waals surface area contributed by atoms with Crippen molar-refractivity contribution in [2.75, 3.05) is 13.2 Å². The minimum Gasteiger partial charge on any atom is -0.394 e. The molecule has 17 heavy (non-hydrogen) atoms. The normalized spacial score (nSPS) is 13.7. The first-order valence-electron chi connectivity index (χ1n) is 5.80. The summed E-state index contributed by atoms with van der Waals surface area (Å²) in [5.41, 5.74) is -0.244. The largest absolute Gasteiger partial charge is 0.394 e. The Morgan fingerprint density at radius 2 is 1.88 bits per heavy atom. The molecule has 0 aliphatic carbocycles. The van der Waals surface area contributed by atoms with Crippen molar-refractivity contribution in [3.8, 4) is 0 Å². The van der Waals surface area contributed by atoms with Crippen LogP contribution in [0.5, 0.6) is 0 Å². The maximum absolute atomic E-state index is 13.6. The third-order valence-electron chi connectivity index (χ3n) is 2.91. The molecule has 1 rings (SSSR count). The number of benzene rings is 1. The van der Waals surface area contributed by atoms with E-state index in [1.807, 2.05) is 6.92 Å². The number of aliphatic hydroxyl groups excluding tert-OH is 2. The molecule has 0 aliphatic heterocycles. The van der Waals surface area contributed by atoms with Crippen LogP contribution in [0.1, 0.15) is 31.9 Å². The third kappa shape index (κ3) is 3.49. The molecule has 0 fully saturated rings. The Labute approximate surface area is 101 Å². The molecule has 0 bridgehead atoms. The molecule has 0 saturated carbocycles. The van der Waals surface area contributed by atoms with Crippen LogP contribution in [-0.2, 0) is 0 Å². The van der Waals surface area contributed by atoms with E-state index in [2.05, 4.69) is 5.32 Å². The second-order valence-electron chi connectivity index (χ2n) is 4.50. The van der Waals surface area contributed by atoms with Crippen LogP contribution in [0.15, 0.2) is 24.3 Å². The van der Waals surface area contributed by atoms with Gasteiger partial charge in [0, 0.05) is 11.6 Å². The van der Waals surface area contributed by atoms with Gasteiger partial charge in [0.15, 0.2) is 0 Å². The van der Waals surface area contributed by atoms with Crippen LogP contribution in [-0.4, -0.2) is 29.0 Å². The molecule has 0 radical (unpaired) electrons. The molecule has 1 aromatic carbocycles.